The van der Waals surface area contributed by atoms with Crippen LogP contribution in [0.4, 0.5) is 5.13 Å². The van der Waals surface area contributed by atoms with Crippen LogP contribution in [0.25, 0.3) is 10.2 Å². The van der Waals surface area contributed by atoms with Gasteiger partial charge in [-0.3, -0.25) is 10.1 Å². The van der Waals surface area contributed by atoms with Gasteiger partial charge in [0.15, 0.2) is 5.13 Å². The molecule has 3 rings (SSSR count). The lowest BCUT2D eigenvalue weighted by Gasteiger charge is -2.10. The molecule has 0 aliphatic rings. The fourth-order valence-electron chi connectivity index (χ4n) is 1.92. The molecule has 126 valence electrons. The van der Waals surface area contributed by atoms with E-state index in [4.69, 9.17) is 11.6 Å². The first-order valence-corrected chi connectivity index (χ1v) is 10.1. The van der Waals surface area contributed by atoms with Gasteiger partial charge in [0.1, 0.15) is 0 Å². The van der Waals surface area contributed by atoms with Crippen molar-refractivity contribution in [3.05, 3.63) is 39.5 Å². The number of thiophene rings is 1. The number of sulfonamides is 1. The Morgan fingerprint density at radius 1 is 1.21 bits per heavy atom. The maximum Gasteiger partial charge on any atom is 0.267 e. The van der Waals surface area contributed by atoms with Gasteiger partial charge in [-0.05, 0) is 30.3 Å². The molecular weight excluding hydrogens is 390 g/mol. The summed E-state index contributed by atoms with van der Waals surface area (Å²) in [5.74, 6) is -0.299. The maximum absolute atomic E-state index is 12.2. The summed E-state index contributed by atoms with van der Waals surface area (Å²) in [5.41, 5.74) is 0.622. The van der Waals surface area contributed by atoms with Gasteiger partial charge in [-0.25, -0.2) is 17.7 Å². The van der Waals surface area contributed by atoms with Crippen LogP contribution in [0.3, 0.4) is 0 Å². The lowest BCUT2D eigenvalue weighted by atomic mass is 10.3. The number of anilines is 1. The van der Waals surface area contributed by atoms with Crippen molar-refractivity contribution in [2.24, 2.45) is 0 Å². The van der Waals surface area contributed by atoms with Crippen molar-refractivity contribution < 1.29 is 13.2 Å². The lowest BCUT2D eigenvalue weighted by Crippen LogP contribution is -2.22. The zero-order valence-corrected chi connectivity index (χ0v) is 15.8. The van der Waals surface area contributed by atoms with Gasteiger partial charge in [0.2, 0.25) is 10.0 Å². The van der Waals surface area contributed by atoms with Gasteiger partial charge in [0.05, 0.1) is 24.3 Å². The quantitative estimate of drug-likeness (QED) is 0.725. The summed E-state index contributed by atoms with van der Waals surface area (Å²) < 4.78 is 26.7. The molecule has 6 nitrogen and oxygen atoms in total. The molecule has 3 aromatic rings. The summed E-state index contributed by atoms with van der Waals surface area (Å²) in [7, 11) is -0.558. The molecule has 2 aromatic heterocycles. The van der Waals surface area contributed by atoms with E-state index in [-0.39, 0.29) is 10.8 Å². The summed E-state index contributed by atoms with van der Waals surface area (Å²) in [6.07, 6.45) is 0. The number of carbonyl (C=O) groups is 1. The average Bonchev–Trinajstić information content (AvgIpc) is 3.11. The maximum atomic E-state index is 12.2. The Bertz CT molecular complexity index is 1020. The molecule has 10 heteroatoms. The van der Waals surface area contributed by atoms with Crippen molar-refractivity contribution in [1.29, 1.82) is 0 Å². The molecular formula is C14H12ClN3O3S3. The van der Waals surface area contributed by atoms with Crippen LogP contribution in [-0.2, 0) is 10.0 Å². The van der Waals surface area contributed by atoms with Gasteiger partial charge in [-0.1, -0.05) is 22.9 Å². The van der Waals surface area contributed by atoms with Crippen molar-refractivity contribution in [2.45, 2.75) is 4.90 Å². The van der Waals surface area contributed by atoms with E-state index in [1.54, 1.807) is 24.3 Å². The fraction of sp³-hybridized carbons (Fsp3) is 0.143. The molecule has 0 aliphatic carbocycles. The Morgan fingerprint density at radius 2 is 1.96 bits per heavy atom. The second-order valence-corrected chi connectivity index (χ2v) is 9.89. The SMILES string of the molecule is CN(C)S(=O)(=O)c1ccc2nc(NC(=O)c3ccc(Cl)s3)sc2c1. The third-order valence-electron chi connectivity index (χ3n) is 3.16. The number of nitrogens with one attached hydrogen (secondary N) is 1. The number of hydrogen-bond acceptors (Lipinski definition) is 6. The number of fused-ring (bicyclic) bond motifs is 1. The number of halogens is 1. The highest BCUT2D eigenvalue weighted by molar-refractivity contribution is 7.89. The second-order valence-electron chi connectivity index (χ2n) is 4.99. The first-order valence-electron chi connectivity index (χ1n) is 6.67. The fourth-order valence-corrected chi connectivity index (χ4v) is 4.77. The third-order valence-corrected chi connectivity index (χ3v) is 7.13. The molecule has 2 heterocycles. The van der Waals surface area contributed by atoms with Crippen LogP contribution in [0.15, 0.2) is 35.2 Å². The smallest absolute Gasteiger partial charge is 0.267 e. The van der Waals surface area contributed by atoms with Gasteiger partial charge in [0.25, 0.3) is 5.91 Å². The molecule has 0 unspecified atom stereocenters. The van der Waals surface area contributed by atoms with Gasteiger partial charge in [0, 0.05) is 14.1 Å². The molecule has 1 amide bonds. The van der Waals surface area contributed by atoms with Crippen molar-refractivity contribution in [1.82, 2.24) is 9.29 Å². The molecule has 24 heavy (non-hydrogen) atoms. The number of hydrogen-bond donors (Lipinski definition) is 1. The van der Waals surface area contributed by atoms with Crippen molar-refractivity contribution >= 4 is 65.6 Å². The first kappa shape index (κ1) is 17.3. The summed E-state index contributed by atoms with van der Waals surface area (Å²) >= 11 is 8.21. The zero-order valence-electron chi connectivity index (χ0n) is 12.6. The van der Waals surface area contributed by atoms with Crippen molar-refractivity contribution in [3.8, 4) is 0 Å². The highest BCUT2D eigenvalue weighted by Gasteiger charge is 2.19. The number of thiazole rings is 1. The van der Waals surface area contributed by atoms with Crippen LogP contribution in [-0.4, -0.2) is 37.7 Å². The third kappa shape index (κ3) is 3.31. The predicted molar refractivity (Wildman–Crippen MR) is 97.8 cm³/mol. The van der Waals surface area contributed by atoms with E-state index in [0.717, 1.165) is 4.31 Å². The molecule has 0 spiro atoms. The van der Waals surface area contributed by atoms with E-state index in [0.29, 0.717) is 24.6 Å². The van der Waals surface area contributed by atoms with Crippen molar-refractivity contribution in [3.63, 3.8) is 0 Å². The van der Waals surface area contributed by atoms with E-state index in [2.05, 4.69) is 10.3 Å². The van der Waals surface area contributed by atoms with Crippen LogP contribution >= 0.6 is 34.3 Å². The predicted octanol–water partition coefficient (Wildman–Crippen LogP) is 3.51. The monoisotopic (exact) mass is 401 g/mol. The van der Waals surface area contributed by atoms with Gasteiger partial charge >= 0.3 is 0 Å². The van der Waals surface area contributed by atoms with Gasteiger partial charge < -0.3 is 0 Å². The van der Waals surface area contributed by atoms with E-state index < -0.39 is 10.0 Å². The highest BCUT2D eigenvalue weighted by atomic mass is 35.5. The highest BCUT2D eigenvalue weighted by Crippen LogP contribution is 2.30. The summed E-state index contributed by atoms with van der Waals surface area (Å²) in [6, 6.07) is 7.97. The van der Waals surface area contributed by atoms with Crippen LogP contribution < -0.4 is 5.32 Å². The van der Waals surface area contributed by atoms with Gasteiger partial charge in [-0.2, -0.15) is 0 Å². The van der Waals surface area contributed by atoms with Crippen molar-refractivity contribution in [2.75, 3.05) is 19.4 Å². The minimum Gasteiger partial charge on any atom is -0.297 e. The Hall–Kier alpha value is -1.52. The first-order chi connectivity index (χ1) is 11.3. The Labute approximate surface area is 151 Å². The number of nitrogens with zero attached hydrogens (tertiary/aromatic N) is 2. The Balaban J connectivity index is 1.90. The van der Waals surface area contributed by atoms with Crippen LogP contribution in [0.2, 0.25) is 4.34 Å². The number of benzene rings is 1. The van der Waals surface area contributed by atoms with E-state index in [1.165, 1.54) is 42.8 Å². The molecule has 0 saturated carbocycles. The van der Waals surface area contributed by atoms with Gasteiger partial charge in [-0.15, -0.1) is 11.3 Å². The zero-order chi connectivity index (χ0) is 17.5. The Kier molecular flexibility index (Phi) is 4.63. The number of aromatic nitrogens is 1. The van der Waals surface area contributed by atoms with Crippen LogP contribution in [0.1, 0.15) is 9.67 Å². The second kappa shape index (κ2) is 6.41. The average molecular weight is 402 g/mol. The molecule has 0 fully saturated rings. The van der Waals surface area contributed by atoms with E-state index >= 15 is 0 Å². The topological polar surface area (TPSA) is 79.4 Å². The van der Waals surface area contributed by atoms with Crippen LogP contribution in [0, 0.1) is 0 Å². The molecule has 0 atom stereocenters. The molecule has 0 saturated heterocycles. The minimum atomic E-state index is -3.51. The molecule has 1 N–H and O–H groups in total. The summed E-state index contributed by atoms with van der Waals surface area (Å²) in [6.45, 7) is 0. The number of amides is 1. The summed E-state index contributed by atoms with van der Waals surface area (Å²) in [5, 5.41) is 3.10. The van der Waals surface area contributed by atoms with E-state index in [9.17, 15) is 13.2 Å². The lowest BCUT2D eigenvalue weighted by molar-refractivity contribution is 0.103. The molecule has 0 radical (unpaired) electrons. The molecule has 0 aliphatic heterocycles. The number of carbonyl (C=O) groups excluding carboxylic acids is 1. The van der Waals surface area contributed by atoms with Crippen LogP contribution in [0.5, 0.6) is 0 Å². The Morgan fingerprint density at radius 3 is 2.58 bits per heavy atom. The van der Waals surface area contributed by atoms with E-state index in [1.807, 2.05) is 0 Å². The molecule has 1 aromatic carbocycles. The molecule has 0 bridgehead atoms. The minimum absolute atomic E-state index is 0.187. The number of rotatable bonds is 4. The largest absolute Gasteiger partial charge is 0.297 e. The summed E-state index contributed by atoms with van der Waals surface area (Å²) in [4.78, 5) is 17.1. The normalized spacial score (nSPS) is 12.0. The standard InChI is InChI=1S/C14H12ClN3O3S3/c1-18(2)24(20,21)8-3-4-9-11(7-8)23-14(16-9)17-13(19)10-5-6-12(15)22-10/h3-7H,1-2H3,(H,16,17,19).